The number of allylic oxidation sites excluding steroid dienone is 2. The number of hydrogen-bond acceptors (Lipinski definition) is 5. The van der Waals surface area contributed by atoms with E-state index in [4.69, 9.17) is 27.9 Å². The first-order chi connectivity index (χ1) is 16.8. The SMILES string of the molecule is C[C@@H]1C=CC[C@@H]2C(=O)N(c3ccc(OC(=O)[C@H]4CC(=O)N(c5cccc(Cl)c5Cl)C4)cc3)C(=O)[C@@H]12. The predicted molar refractivity (Wildman–Crippen MR) is 131 cm³/mol. The standard InChI is InChI=1S/C26H22Cl2N2O5/c1-14-4-2-5-18-22(14)25(33)30(24(18)32)16-8-10-17(11-9-16)35-26(34)15-12-21(31)29(13-15)20-7-3-6-19(27)23(20)28/h2-4,6-11,14-15,18,22H,5,12-13H2,1H3/t14-,15+,18+,22+/m1/s1. The lowest BCUT2D eigenvalue weighted by Crippen LogP contribution is -2.31. The van der Waals surface area contributed by atoms with Gasteiger partial charge in [0.1, 0.15) is 5.75 Å². The molecule has 2 aromatic rings. The van der Waals surface area contributed by atoms with Crippen LogP contribution in [0.15, 0.2) is 54.6 Å². The molecule has 9 heteroatoms. The topological polar surface area (TPSA) is 84.0 Å². The van der Waals surface area contributed by atoms with Gasteiger partial charge in [0.05, 0.1) is 39.2 Å². The molecular weight excluding hydrogens is 491 g/mol. The number of rotatable bonds is 4. The van der Waals surface area contributed by atoms with Gasteiger partial charge in [-0.15, -0.1) is 0 Å². The molecular formula is C26H22Cl2N2O5. The zero-order chi connectivity index (χ0) is 24.9. The number of nitrogens with zero attached hydrogens (tertiary/aromatic N) is 2. The first-order valence-electron chi connectivity index (χ1n) is 11.4. The highest BCUT2D eigenvalue weighted by molar-refractivity contribution is 6.44. The molecule has 0 spiro atoms. The van der Waals surface area contributed by atoms with Crippen molar-refractivity contribution in [1.29, 1.82) is 0 Å². The number of carbonyl (C=O) groups excluding carboxylic acids is 4. The van der Waals surface area contributed by atoms with Crippen LogP contribution in [0.1, 0.15) is 19.8 Å². The number of fused-ring (bicyclic) bond motifs is 1. The Morgan fingerprint density at radius 2 is 1.77 bits per heavy atom. The van der Waals surface area contributed by atoms with Gasteiger partial charge in [-0.2, -0.15) is 0 Å². The second-order valence-corrected chi connectivity index (χ2v) is 9.85. The Labute approximate surface area is 212 Å². The lowest BCUT2D eigenvalue weighted by molar-refractivity contribution is -0.139. The van der Waals surface area contributed by atoms with Crippen molar-refractivity contribution in [3.05, 3.63) is 64.7 Å². The van der Waals surface area contributed by atoms with E-state index in [0.29, 0.717) is 22.8 Å². The highest BCUT2D eigenvalue weighted by Crippen LogP contribution is 2.41. The van der Waals surface area contributed by atoms with Crippen molar-refractivity contribution in [2.45, 2.75) is 19.8 Å². The number of ether oxygens (including phenoxy) is 1. The second kappa shape index (κ2) is 9.13. The Hall–Kier alpha value is -3.16. The molecule has 0 unspecified atom stereocenters. The summed E-state index contributed by atoms with van der Waals surface area (Å²) in [5, 5.41) is 0.575. The molecule has 4 atom stereocenters. The Morgan fingerprint density at radius 3 is 2.49 bits per heavy atom. The van der Waals surface area contributed by atoms with Crippen LogP contribution >= 0.6 is 23.2 Å². The second-order valence-electron chi connectivity index (χ2n) is 9.06. The monoisotopic (exact) mass is 512 g/mol. The van der Waals surface area contributed by atoms with Crippen molar-refractivity contribution in [3.8, 4) is 5.75 Å². The third-order valence-electron chi connectivity index (χ3n) is 6.87. The minimum absolute atomic E-state index is 0.00547. The molecule has 0 radical (unpaired) electrons. The van der Waals surface area contributed by atoms with Gasteiger partial charge in [0, 0.05) is 13.0 Å². The van der Waals surface area contributed by atoms with E-state index >= 15 is 0 Å². The number of hydrogen-bond donors (Lipinski definition) is 0. The third-order valence-corrected chi connectivity index (χ3v) is 7.68. The van der Waals surface area contributed by atoms with Crippen molar-refractivity contribution in [1.82, 2.24) is 0 Å². The molecule has 0 bridgehead atoms. The average Bonchev–Trinajstić information content (AvgIpc) is 3.34. The number of imide groups is 1. The van der Waals surface area contributed by atoms with Crippen LogP contribution in [0.4, 0.5) is 11.4 Å². The molecule has 0 aromatic heterocycles. The maximum Gasteiger partial charge on any atom is 0.316 e. The first-order valence-corrected chi connectivity index (χ1v) is 12.1. The molecule has 2 saturated heterocycles. The Morgan fingerprint density at radius 1 is 1.03 bits per heavy atom. The highest BCUT2D eigenvalue weighted by atomic mass is 35.5. The summed E-state index contributed by atoms with van der Waals surface area (Å²) in [4.78, 5) is 53.8. The molecule has 2 fully saturated rings. The Kier molecular flexibility index (Phi) is 6.15. The molecule has 5 rings (SSSR count). The number of benzene rings is 2. The fourth-order valence-corrected chi connectivity index (χ4v) is 5.46. The highest BCUT2D eigenvalue weighted by Gasteiger charge is 2.50. The quantitative estimate of drug-likeness (QED) is 0.257. The van der Waals surface area contributed by atoms with Gasteiger partial charge in [-0.05, 0) is 48.7 Å². The maximum absolute atomic E-state index is 13.0. The normalized spacial score (nSPS) is 25.9. The van der Waals surface area contributed by atoms with Gasteiger partial charge in [-0.25, -0.2) is 0 Å². The summed E-state index contributed by atoms with van der Waals surface area (Å²) in [6.45, 7) is 2.07. The van der Waals surface area contributed by atoms with Gasteiger partial charge in [-0.3, -0.25) is 24.1 Å². The van der Waals surface area contributed by atoms with Gasteiger partial charge >= 0.3 is 5.97 Å². The summed E-state index contributed by atoms with van der Waals surface area (Å²) in [7, 11) is 0. The fraction of sp³-hybridized carbons (Fsp3) is 0.308. The largest absolute Gasteiger partial charge is 0.426 e. The van der Waals surface area contributed by atoms with Crippen LogP contribution < -0.4 is 14.5 Å². The summed E-state index contributed by atoms with van der Waals surface area (Å²) in [6.07, 6.45) is 4.49. The third kappa shape index (κ3) is 4.13. The molecule has 7 nitrogen and oxygen atoms in total. The Bertz CT molecular complexity index is 1260. The number of carbonyl (C=O) groups is 4. The van der Waals surface area contributed by atoms with Crippen molar-refractivity contribution in [2.24, 2.45) is 23.7 Å². The van der Waals surface area contributed by atoms with E-state index in [2.05, 4.69) is 0 Å². The van der Waals surface area contributed by atoms with Gasteiger partial charge in [-0.1, -0.05) is 48.3 Å². The molecule has 2 heterocycles. The van der Waals surface area contributed by atoms with Crippen LogP contribution in [0.25, 0.3) is 0 Å². The number of anilines is 2. The van der Waals surface area contributed by atoms with Gasteiger partial charge < -0.3 is 9.64 Å². The average molecular weight is 513 g/mol. The lowest BCUT2D eigenvalue weighted by Gasteiger charge is -2.22. The van der Waals surface area contributed by atoms with E-state index < -0.39 is 11.9 Å². The van der Waals surface area contributed by atoms with Crippen LogP contribution in [0.3, 0.4) is 0 Å². The minimum atomic E-state index is -0.670. The summed E-state index contributed by atoms with van der Waals surface area (Å²) in [5.74, 6) is -2.29. The van der Waals surface area contributed by atoms with Crippen LogP contribution in [0.5, 0.6) is 5.75 Å². The smallest absolute Gasteiger partial charge is 0.316 e. The molecule has 2 aromatic carbocycles. The molecule has 0 saturated carbocycles. The van der Waals surface area contributed by atoms with Gasteiger partial charge in [0.25, 0.3) is 0 Å². The van der Waals surface area contributed by atoms with Crippen molar-refractivity contribution >= 4 is 58.3 Å². The summed E-state index contributed by atoms with van der Waals surface area (Å²) >= 11 is 12.3. The van der Waals surface area contributed by atoms with E-state index in [1.807, 2.05) is 19.1 Å². The lowest BCUT2D eigenvalue weighted by atomic mass is 9.78. The van der Waals surface area contributed by atoms with E-state index in [9.17, 15) is 19.2 Å². The van der Waals surface area contributed by atoms with E-state index in [-0.39, 0.29) is 59.2 Å². The van der Waals surface area contributed by atoms with Gasteiger partial charge in [0.15, 0.2) is 0 Å². The van der Waals surface area contributed by atoms with Crippen molar-refractivity contribution in [3.63, 3.8) is 0 Å². The van der Waals surface area contributed by atoms with Crippen LogP contribution in [-0.4, -0.2) is 30.2 Å². The molecule has 35 heavy (non-hydrogen) atoms. The van der Waals surface area contributed by atoms with E-state index in [1.54, 1.807) is 42.5 Å². The summed E-state index contributed by atoms with van der Waals surface area (Å²) < 4.78 is 5.49. The van der Waals surface area contributed by atoms with Crippen LogP contribution in [0.2, 0.25) is 10.0 Å². The number of halogens is 2. The summed E-state index contributed by atoms with van der Waals surface area (Å²) in [6, 6.07) is 11.2. The van der Waals surface area contributed by atoms with Crippen molar-refractivity contribution < 1.29 is 23.9 Å². The summed E-state index contributed by atoms with van der Waals surface area (Å²) in [5.41, 5.74) is 0.896. The predicted octanol–water partition coefficient (Wildman–Crippen LogP) is 4.65. The molecule has 2 aliphatic heterocycles. The van der Waals surface area contributed by atoms with E-state index in [0.717, 1.165) is 0 Å². The van der Waals surface area contributed by atoms with Gasteiger partial charge in [0.2, 0.25) is 17.7 Å². The fourth-order valence-electron chi connectivity index (χ4n) is 5.06. The minimum Gasteiger partial charge on any atom is -0.426 e. The molecule has 3 amide bonds. The van der Waals surface area contributed by atoms with Crippen LogP contribution in [-0.2, 0) is 19.2 Å². The number of esters is 1. The molecule has 3 aliphatic rings. The maximum atomic E-state index is 13.0. The van der Waals surface area contributed by atoms with Crippen LogP contribution in [0, 0.1) is 23.7 Å². The molecule has 0 N–H and O–H groups in total. The van der Waals surface area contributed by atoms with E-state index in [1.165, 1.54) is 9.80 Å². The molecule has 1 aliphatic carbocycles. The Balaban J connectivity index is 1.26. The zero-order valence-corrected chi connectivity index (χ0v) is 20.3. The van der Waals surface area contributed by atoms with Crippen molar-refractivity contribution in [2.75, 3.05) is 16.3 Å². The molecule has 180 valence electrons. The zero-order valence-electron chi connectivity index (χ0n) is 18.8. The number of amides is 3. The first kappa shape index (κ1) is 23.6.